The monoisotopic (exact) mass is 270 g/mol. The molecule has 1 aliphatic heterocycles. The Bertz CT molecular complexity index is 225. The average Bonchev–Trinajstić information content (AvgIpc) is 2.43. The van der Waals surface area contributed by atoms with Crippen LogP contribution in [0.3, 0.4) is 0 Å². The van der Waals surface area contributed by atoms with Crippen LogP contribution in [0.15, 0.2) is 0 Å². The second-order valence-electron chi connectivity index (χ2n) is 6.24. The lowest BCUT2D eigenvalue weighted by atomic mass is 9.89. The minimum Gasteiger partial charge on any atom is -0.380 e. The molecule has 1 saturated heterocycles. The van der Waals surface area contributed by atoms with Gasteiger partial charge in [-0.15, -0.1) is 0 Å². The summed E-state index contributed by atoms with van der Waals surface area (Å²) in [4.78, 5) is 2.56. The van der Waals surface area contributed by atoms with Crippen molar-refractivity contribution in [3.63, 3.8) is 0 Å². The standard InChI is InChI=1S/C16H34N2O/c1-6-18-10-8-15(9-11-18)14(5)17-16(13(3)4)12-19-7-2/h13-17H,6-12H2,1-5H3. The van der Waals surface area contributed by atoms with E-state index in [1.165, 1.54) is 32.5 Å². The number of hydrogen-bond acceptors (Lipinski definition) is 3. The number of rotatable bonds is 8. The highest BCUT2D eigenvalue weighted by Crippen LogP contribution is 2.21. The molecule has 3 nitrogen and oxygen atoms in total. The topological polar surface area (TPSA) is 24.5 Å². The fourth-order valence-electron chi connectivity index (χ4n) is 2.92. The zero-order valence-electron chi connectivity index (χ0n) is 13.6. The first-order chi connectivity index (χ1) is 9.08. The zero-order valence-corrected chi connectivity index (χ0v) is 13.6. The summed E-state index contributed by atoms with van der Waals surface area (Å²) < 4.78 is 5.61. The van der Waals surface area contributed by atoms with Gasteiger partial charge in [-0.2, -0.15) is 0 Å². The van der Waals surface area contributed by atoms with E-state index >= 15 is 0 Å². The van der Waals surface area contributed by atoms with Gasteiger partial charge in [-0.3, -0.25) is 0 Å². The predicted molar refractivity (Wildman–Crippen MR) is 82.6 cm³/mol. The summed E-state index contributed by atoms with van der Waals surface area (Å²) >= 11 is 0. The van der Waals surface area contributed by atoms with Crippen molar-refractivity contribution in [1.29, 1.82) is 0 Å². The highest BCUT2D eigenvalue weighted by Gasteiger charge is 2.25. The van der Waals surface area contributed by atoms with Gasteiger partial charge in [0.2, 0.25) is 0 Å². The van der Waals surface area contributed by atoms with E-state index in [9.17, 15) is 0 Å². The first-order valence-electron chi connectivity index (χ1n) is 8.14. The molecule has 0 aromatic rings. The highest BCUT2D eigenvalue weighted by molar-refractivity contribution is 4.82. The summed E-state index contributed by atoms with van der Waals surface area (Å²) in [5.74, 6) is 1.45. The fraction of sp³-hybridized carbons (Fsp3) is 1.00. The van der Waals surface area contributed by atoms with Gasteiger partial charge < -0.3 is 15.0 Å². The lowest BCUT2D eigenvalue weighted by Gasteiger charge is -2.37. The molecule has 0 aliphatic carbocycles. The summed E-state index contributed by atoms with van der Waals surface area (Å²) in [6.07, 6.45) is 2.67. The van der Waals surface area contributed by atoms with E-state index in [-0.39, 0.29) is 0 Å². The van der Waals surface area contributed by atoms with Crippen LogP contribution in [0, 0.1) is 11.8 Å². The molecule has 0 radical (unpaired) electrons. The van der Waals surface area contributed by atoms with E-state index in [1.54, 1.807) is 0 Å². The molecule has 1 rings (SSSR count). The van der Waals surface area contributed by atoms with Crippen molar-refractivity contribution in [3.8, 4) is 0 Å². The summed E-state index contributed by atoms with van der Waals surface area (Å²) in [5.41, 5.74) is 0. The normalized spacial score (nSPS) is 21.8. The Morgan fingerprint density at radius 2 is 1.79 bits per heavy atom. The Balaban J connectivity index is 2.37. The second-order valence-corrected chi connectivity index (χ2v) is 6.24. The third-order valence-electron chi connectivity index (χ3n) is 4.57. The van der Waals surface area contributed by atoms with Crippen LogP contribution >= 0.6 is 0 Å². The van der Waals surface area contributed by atoms with Gasteiger partial charge in [-0.25, -0.2) is 0 Å². The molecule has 3 heteroatoms. The Morgan fingerprint density at radius 1 is 1.16 bits per heavy atom. The van der Waals surface area contributed by atoms with Crippen molar-refractivity contribution < 1.29 is 4.74 Å². The van der Waals surface area contributed by atoms with Gasteiger partial charge in [0, 0.05) is 18.7 Å². The minimum absolute atomic E-state index is 0.485. The van der Waals surface area contributed by atoms with E-state index in [1.807, 2.05) is 0 Å². The minimum atomic E-state index is 0.485. The highest BCUT2D eigenvalue weighted by atomic mass is 16.5. The smallest absolute Gasteiger partial charge is 0.0622 e. The molecule has 1 aliphatic rings. The molecular weight excluding hydrogens is 236 g/mol. The summed E-state index contributed by atoms with van der Waals surface area (Å²) in [7, 11) is 0. The summed E-state index contributed by atoms with van der Waals surface area (Å²) in [6, 6.07) is 1.09. The van der Waals surface area contributed by atoms with Crippen molar-refractivity contribution >= 4 is 0 Å². The van der Waals surface area contributed by atoms with Crippen LogP contribution in [0.2, 0.25) is 0 Å². The summed E-state index contributed by atoms with van der Waals surface area (Å²) in [6.45, 7) is 16.6. The largest absolute Gasteiger partial charge is 0.380 e. The molecular formula is C16H34N2O. The van der Waals surface area contributed by atoms with Crippen molar-refractivity contribution in [2.75, 3.05) is 32.8 Å². The molecule has 0 saturated carbocycles. The molecule has 2 unspecified atom stereocenters. The lowest BCUT2D eigenvalue weighted by Crippen LogP contribution is -2.48. The molecule has 1 fully saturated rings. The Labute approximate surface area is 120 Å². The van der Waals surface area contributed by atoms with Gasteiger partial charge in [-0.05, 0) is 58.2 Å². The quantitative estimate of drug-likeness (QED) is 0.734. The van der Waals surface area contributed by atoms with Crippen LogP contribution in [0.1, 0.15) is 47.5 Å². The summed E-state index contributed by atoms with van der Waals surface area (Å²) in [5, 5.41) is 3.81. The van der Waals surface area contributed by atoms with E-state index < -0.39 is 0 Å². The molecule has 1 heterocycles. The number of nitrogens with zero attached hydrogens (tertiary/aromatic N) is 1. The van der Waals surface area contributed by atoms with Gasteiger partial charge in [0.15, 0.2) is 0 Å². The SMILES string of the molecule is CCOCC(NC(C)C1CCN(CC)CC1)C(C)C. The molecule has 19 heavy (non-hydrogen) atoms. The molecule has 1 N–H and O–H groups in total. The van der Waals surface area contributed by atoms with Gasteiger partial charge in [-0.1, -0.05) is 20.8 Å². The maximum Gasteiger partial charge on any atom is 0.0622 e. The van der Waals surface area contributed by atoms with Crippen molar-refractivity contribution in [2.24, 2.45) is 11.8 Å². The van der Waals surface area contributed by atoms with Crippen molar-refractivity contribution in [3.05, 3.63) is 0 Å². The van der Waals surface area contributed by atoms with Gasteiger partial charge in [0.05, 0.1) is 6.61 Å². The van der Waals surface area contributed by atoms with Crippen LogP contribution in [0.4, 0.5) is 0 Å². The second kappa shape index (κ2) is 8.93. The molecule has 0 aromatic carbocycles. The van der Waals surface area contributed by atoms with Gasteiger partial charge >= 0.3 is 0 Å². The number of nitrogens with one attached hydrogen (secondary N) is 1. The van der Waals surface area contributed by atoms with E-state index in [0.717, 1.165) is 19.1 Å². The van der Waals surface area contributed by atoms with Gasteiger partial charge in [0.25, 0.3) is 0 Å². The molecule has 0 amide bonds. The number of hydrogen-bond donors (Lipinski definition) is 1. The Morgan fingerprint density at radius 3 is 2.26 bits per heavy atom. The first kappa shape index (κ1) is 16.9. The molecule has 0 aromatic heterocycles. The molecule has 0 spiro atoms. The number of likely N-dealkylation sites (tertiary alicyclic amines) is 1. The van der Waals surface area contributed by atoms with Crippen molar-refractivity contribution in [2.45, 2.75) is 59.5 Å². The molecule has 0 bridgehead atoms. The Hall–Kier alpha value is -0.120. The van der Waals surface area contributed by atoms with Gasteiger partial charge in [0.1, 0.15) is 0 Å². The van der Waals surface area contributed by atoms with Crippen molar-refractivity contribution in [1.82, 2.24) is 10.2 Å². The third kappa shape index (κ3) is 5.80. The maximum absolute atomic E-state index is 5.61. The number of piperidine rings is 1. The first-order valence-corrected chi connectivity index (χ1v) is 8.14. The predicted octanol–water partition coefficient (Wildman–Crippen LogP) is 2.76. The van der Waals surface area contributed by atoms with E-state index in [2.05, 4.69) is 44.8 Å². The molecule has 114 valence electrons. The van der Waals surface area contributed by atoms with Crippen LogP contribution in [0.25, 0.3) is 0 Å². The Kier molecular flexibility index (Phi) is 7.96. The van der Waals surface area contributed by atoms with E-state index in [4.69, 9.17) is 4.74 Å². The van der Waals surface area contributed by atoms with Crippen LogP contribution in [-0.4, -0.2) is 49.8 Å². The van der Waals surface area contributed by atoms with Crippen LogP contribution in [0.5, 0.6) is 0 Å². The average molecular weight is 270 g/mol. The maximum atomic E-state index is 5.61. The van der Waals surface area contributed by atoms with Crippen LogP contribution in [-0.2, 0) is 4.74 Å². The zero-order chi connectivity index (χ0) is 14.3. The van der Waals surface area contributed by atoms with E-state index in [0.29, 0.717) is 18.0 Å². The molecule has 2 atom stereocenters. The number of ether oxygens (including phenoxy) is 1. The fourth-order valence-corrected chi connectivity index (χ4v) is 2.92. The lowest BCUT2D eigenvalue weighted by molar-refractivity contribution is 0.0929. The van der Waals surface area contributed by atoms with Crippen LogP contribution < -0.4 is 5.32 Å². The third-order valence-corrected chi connectivity index (χ3v) is 4.57.